The highest BCUT2D eigenvalue weighted by Gasteiger charge is 2.38. The van der Waals surface area contributed by atoms with E-state index in [2.05, 4.69) is 63.0 Å². The molecule has 0 aliphatic heterocycles. The van der Waals surface area contributed by atoms with E-state index in [4.69, 9.17) is 9.52 Å². The van der Waals surface area contributed by atoms with Crippen LogP contribution in [0.2, 0.25) is 0 Å². The van der Waals surface area contributed by atoms with Gasteiger partial charge >= 0.3 is 0 Å². The number of hydrogen-bond donors (Lipinski definition) is 2. The molecule has 156 valence electrons. The van der Waals surface area contributed by atoms with Gasteiger partial charge in [0.2, 0.25) is 0 Å². The molecule has 0 atom stereocenters. The van der Waals surface area contributed by atoms with Crippen LogP contribution in [0, 0.1) is 0 Å². The van der Waals surface area contributed by atoms with Gasteiger partial charge in [-0.05, 0) is 37.5 Å². The molecule has 1 aliphatic rings. The number of guanidine groups is 1. The summed E-state index contributed by atoms with van der Waals surface area (Å²) in [4.78, 5) is 13.6. The Morgan fingerprint density at radius 2 is 1.93 bits per heavy atom. The molecule has 0 amide bonds. The summed E-state index contributed by atoms with van der Waals surface area (Å²) >= 11 is 0. The summed E-state index contributed by atoms with van der Waals surface area (Å²) in [5.41, 5.74) is 2.25. The summed E-state index contributed by atoms with van der Waals surface area (Å²) in [5.74, 6) is 1.92. The second-order valence-corrected chi connectivity index (χ2v) is 7.60. The molecule has 0 bridgehead atoms. The van der Waals surface area contributed by atoms with E-state index < -0.39 is 0 Å². The summed E-state index contributed by atoms with van der Waals surface area (Å²) in [6, 6.07) is 16.4. The van der Waals surface area contributed by atoms with Crippen molar-refractivity contribution in [3.8, 4) is 11.6 Å². The van der Waals surface area contributed by atoms with E-state index >= 15 is 0 Å². The maximum atomic E-state index is 5.32. The summed E-state index contributed by atoms with van der Waals surface area (Å²) < 4.78 is 5.32. The van der Waals surface area contributed by atoms with E-state index in [-0.39, 0.29) is 5.41 Å². The Hall–Kier alpha value is -3.22. The Morgan fingerprint density at radius 1 is 1.10 bits per heavy atom. The second kappa shape index (κ2) is 9.52. The minimum absolute atomic E-state index is 0.175. The van der Waals surface area contributed by atoms with Crippen molar-refractivity contribution >= 4 is 5.96 Å². The van der Waals surface area contributed by atoms with Crippen molar-refractivity contribution in [2.75, 3.05) is 19.6 Å². The van der Waals surface area contributed by atoms with Crippen LogP contribution in [0.4, 0.5) is 0 Å². The van der Waals surface area contributed by atoms with Crippen molar-refractivity contribution in [2.24, 2.45) is 4.99 Å². The van der Waals surface area contributed by atoms with Crippen molar-refractivity contribution in [2.45, 2.75) is 38.0 Å². The smallest absolute Gasteiger partial charge is 0.276 e. The van der Waals surface area contributed by atoms with Crippen molar-refractivity contribution < 1.29 is 4.52 Å². The highest BCUT2D eigenvalue weighted by Crippen LogP contribution is 2.43. The molecule has 0 spiro atoms. The van der Waals surface area contributed by atoms with Gasteiger partial charge in [-0.3, -0.25) is 9.98 Å². The minimum atomic E-state index is 0.175. The average Bonchev–Trinajstić information content (AvgIpc) is 3.23. The van der Waals surface area contributed by atoms with Crippen LogP contribution < -0.4 is 10.6 Å². The highest BCUT2D eigenvalue weighted by molar-refractivity contribution is 5.79. The average molecular weight is 405 g/mol. The fourth-order valence-corrected chi connectivity index (χ4v) is 3.75. The Kier molecular flexibility index (Phi) is 6.37. The Morgan fingerprint density at radius 3 is 2.63 bits per heavy atom. The van der Waals surface area contributed by atoms with E-state index in [0.29, 0.717) is 30.4 Å². The van der Waals surface area contributed by atoms with Gasteiger partial charge in [-0.2, -0.15) is 4.98 Å². The SMILES string of the molecule is CCNC(=NCC1(c2ccccc2)CCC1)NCCc1noc(-c2ccccn2)n1. The molecule has 2 N–H and O–H groups in total. The van der Waals surface area contributed by atoms with Gasteiger partial charge in [-0.15, -0.1) is 0 Å². The molecule has 1 saturated carbocycles. The third-order valence-electron chi connectivity index (χ3n) is 5.57. The van der Waals surface area contributed by atoms with Gasteiger partial charge in [0.25, 0.3) is 5.89 Å². The topological polar surface area (TPSA) is 88.2 Å². The highest BCUT2D eigenvalue weighted by atomic mass is 16.5. The van der Waals surface area contributed by atoms with E-state index in [0.717, 1.165) is 19.0 Å². The lowest BCUT2D eigenvalue weighted by Crippen LogP contribution is -2.42. The number of benzene rings is 1. The predicted octanol–water partition coefficient (Wildman–Crippen LogP) is 3.35. The van der Waals surface area contributed by atoms with Gasteiger partial charge in [-0.25, -0.2) is 0 Å². The van der Waals surface area contributed by atoms with Crippen LogP contribution in [0.3, 0.4) is 0 Å². The summed E-state index contributed by atoms with van der Waals surface area (Å²) in [5, 5.41) is 10.8. The van der Waals surface area contributed by atoms with Crippen LogP contribution in [0.1, 0.15) is 37.6 Å². The normalized spacial score (nSPS) is 15.4. The monoisotopic (exact) mass is 404 g/mol. The molecule has 3 aromatic rings. The first kappa shape index (κ1) is 20.1. The quantitative estimate of drug-likeness (QED) is 0.442. The summed E-state index contributed by atoms with van der Waals surface area (Å²) in [6.45, 7) is 4.35. The summed E-state index contributed by atoms with van der Waals surface area (Å²) in [6.07, 6.45) is 6.01. The van der Waals surface area contributed by atoms with Gasteiger partial charge in [0, 0.05) is 31.1 Å². The first-order chi connectivity index (χ1) is 14.8. The van der Waals surface area contributed by atoms with Crippen molar-refractivity contribution in [1.82, 2.24) is 25.8 Å². The standard InChI is InChI=1S/C23H28N6O/c1-2-24-22(27-17-23(13-8-14-23)18-9-4-3-5-10-18)26-16-12-20-28-21(30-29-20)19-11-6-7-15-25-19/h3-7,9-11,15H,2,8,12-14,16-17H2,1H3,(H2,24,26,27). The van der Waals surface area contributed by atoms with E-state index in [9.17, 15) is 0 Å². The van der Waals surface area contributed by atoms with E-state index in [1.165, 1.54) is 24.8 Å². The first-order valence-electron chi connectivity index (χ1n) is 10.6. The van der Waals surface area contributed by atoms with Gasteiger partial charge in [0.15, 0.2) is 11.8 Å². The van der Waals surface area contributed by atoms with E-state index in [1.807, 2.05) is 18.2 Å². The fraction of sp³-hybridized carbons (Fsp3) is 0.391. The third kappa shape index (κ3) is 4.67. The molecule has 7 heteroatoms. The van der Waals surface area contributed by atoms with Gasteiger partial charge in [0.05, 0.1) is 6.54 Å². The second-order valence-electron chi connectivity index (χ2n) is 7.60. The van der Waals surface area contributed by atoms with Crippen LogP contribution in [0.5, 0.6) is 0 Å². The Bertz CT molecular complexity index is 950. The molecule has 4 rings (SSSR count). The van der Waals surface area contributed by atoms with Crippen LogP contribution in [0.25, 0.3) is 11.6 Å². The fourth-order valence-electron chi connectivity index (χ4n) is 3.75. The molecule has 1 aromatic carbocycles. The molecule has 1 aliphatic carbocycles. The van der Waals surface area contributed by atoms with Crippen LogP contribution in [0.15, 0.2) is 64.2 Å². The number of aromatic nitrogens is 3. The number of rotatable bonds is 8. The van der Waals surface area contributed by atoms with Crippen LogP contribution >= 0.6 is 0 Å². The number of hydrogen-bond acceptors (Lipinski definition) is 5. The third-order valence-corrected chi connectivity index (χ3v) is 5.57. The molecule has 2 heterocycles. The van der Waals surface area contributed by atoms with Crippen molar-refractivity contribution in [1.29, 1.82) is 0 Å². The molecule has 0 saturated heterocycles. The minimum Gasteiger partial charge on any atom is -0.357 e. The molecule has 2 aromatic heterocycles. The van der Waals surface area contributed by atoms with Gasteiger partial charge in [0.1, 0.15) is 5.69 Å². The summed E-state index contributed by atoms with van der Waals surface area (Å²) in [7, 11) is 0. The van der Waals surface area contributed by atoms with E-state index in [1.54, 1.807) is 6.20 Å². The largest absolute Gasteiger partial charge is 0.357 e. The maximum absolute atomic E-state index is 5.32. The molecule has 0 radical (unpaired) electrons. The zero-order valence-electron chi connectivity index (χ0n) is 17.3. The first-order valence-corrected chi connectivity index (χ1v) is 10.6. The Labute approximate surface area is 177 Å². The van der Waals surface area contributed by atoms with Gasteiger partial charge < -0.3 is 15.2 Å². The number of nitrogens with zero attached hydrogens (tertiary/aromatic N) is 4. The van der Waals surface area contributed by atoms with Crippen molar-refractivity contribution in [3.63, 3.8) is 0 Å². The van der Waals surface area contributed by atoms with Crippen molar-refractivity contribution in [3.05, 3.63) is 66.1 Å². The lowest BCUT2D eigenvalue weighted by atomic mass is 9.64. The molecule has 30 heavy (non-hydrogen) atoms. The lowest BCUT2D eigenvalue weighted by molar-refractivity contribution is 0.253. The predicted molar refractivity (Wildman–Crippen MR) is 117 cm³/mol. The molecular formula is C23H28N6O. The van der Waals surface area contributed by atoms with Crippen LogP contribution in [-0.4, -0.2) is 40.7 Å². The number of pyridine rings is 1. The number of aliphatic imine (C=N–C) groups is 1. The molecular weight excluding hydrogens is 376 g/mol. The van der Waals surface area contributed by atoms with Gasteiger partial charge in [-0.1, -0.05) is 48.0 Å². The molecule has 7 nitrogen and oxygen atoms in total. The molecule has 0 unspecified atom stereocenters. The molecule has 1 fully saturated rings. The Balaban J connectivity index is 1.34. The lowest BCUT2D eigenvalue weighted by Gasteiger charge is -2.41. The zero-order chi connectivity index (χ0) is 20.7. The van der Waals surface area contributed by atoms with Crippen LogP contribution in [-0.2, 0) is 11.8 Å². The zero-order valence-corrected chi connectivity index (χ0v) is 17.3. The maximum Gasteiger partial charge on any atom is 0.276 e. The number of nitrogens with one attached hydrogen (secondary N) is 2.